The van der Waals surface area contributed by atoms with Crippen LogP contribution < -0.4 is 32.3 Å². The number of aromatic carboxylic acids is 1. The van der Waals surface area contributed by atoms with Crippen molar-refractivity contribution in [1.82, 2.24) is 21.7 Å². The number of nitrogens with one attached hydrogen (secondary N) is 6. The number of carbonyl (C=O) groups is 3. The number of nitrogens with zero attached hydrogens (tertiary/aromatic N) is 2. The molecule has 2 amide bonds. The summed E-state index contributed by atoms with van der Waals surface area (Å²) in [6, 6.07) is 4.31. The zero-order valence-corrected chi connectivity index (χ0v) is 21.2. The minimum Gasteiger partial charge on any atom is -0.478 e. The molecule has 0 aromatic heterocycles. The summed E-state index contributed by atoms with van der Waals surface area (Å²) in [4.78, 5) is 35.3. The molecule has 182 valence electrons. The van der Waals surface area contributed by atoms with Gasteiger partial charge >= 0.3 is 5.97 Å². The normalized spacial score (nSPS) is 11.1. The molecule has 1 rings (SSSR count). The number of hydrazine groups is 2. The third kappa shape index (κ3) is 12.5. The van der Waals surface area contributed by atoms with Gasteiger partial charge in [0.15, 0.2) is 23.3 Å². The summed E-state index contributed by atoms with van der Waals surface area (Å²) >= 11 is 10.3. The molecule has 0 saturated carbocycles. The van der Waals surface area contributed by atoms with Crippen molar-refractivity contribution in [3.8, 4) is 0 Å². The molecule has 0 fully saturated rings. The van der Waals surface area contributed by atoms with Crippen molar-refractivity contribution in [3.05, 3.63) is 23.8 Å². The highest BCUT2D eigenvalue weighted by Crippen LogP contribution is 2.19. The van der Waals surface area contributed by atoms with E-state index < -0.39 is 5.97 Å². The quantitative estimate of drug-likeness (QED) is 0.148. The highest BCUT2D eigenvalue weighted by atomic mass is 32.1. The van der Waals surface area contributed by atoms with Gasteiger partial charge in [-0.15, -0.1) is 0 Å². The molecule has 1 aromatic rings. The second kappa shape index (κ2) is 11.7. The molecule has 0 unspecified atom stereocenters. The number of hydrogen-bond acceptors (Lipinski definition) is 5. The summed E-state index contributed by atoms with van der Waals surface area (Å²) in [5, 5.41) is 15.1. The van der Waals surface area contributed by atoms with Gasteiger partial charge in [-0.3, -0.25) is 31.3 Å². The first-order valence-corrected chi connectivity index (χ1v) is 10.6. The predicted molar refractivity (Wildman–Crippen MR) is 134 cm³/mol. The van der Waals surface area contributed by atoms with Crippen LogP contribution in [0.15, 0.2) is 18.2 Å². The molecular formula is C19H32N8O4S2+2. The maximum Gasteiger partial charge on any atom is 0.335 e. The zero-order valence-electron chi connectivity index (χ0n) is 19.5. The van der Waals surface area contributed by atoms with Gasteiger partial charge in [0, 0.05) is 11.4 Å². The third-order valence-electron chi connectivity index (χ3n) is 3.56. The van der Waals surface area contributed by atoms with E-state index >= 15 is 0 Å². The third-order valence-corrected chi connectivity index (χ3v) is 3.97. The summed E-state index contributed by atoms with van der Waals surface area (Å²) in [6.07, 6.45) is 0. The van der Waals surface area contributed by atoms with Gasteiger partial charge in [0.2, 0.25) is 0 Å². The first-order chi connectivity index (χ1) is 15.0. The number of carboxylic acid groups (broad SMARTS) is 1. The number of hydrogen-bond donors (Lipinski definition) is 7. The molecule has 0 aliphatic carbocycles. The minimum absolute atomic E-state index is 0.0313. The summed E-state index contributed by atoms with van der Waals surface area (Å²) in [6.45, 7) is 0.460. The Balaban J connectivity index is 2.76. The lowest BCUT2D eigenvalue weighted by Crippen LogP contribution is -2.50. The van der Waals surface area contributed by atoms with Gasteiger partial charge in [-0.25, -0.2) is 4.79 Å². The second-order valence-corrected chi connectivity index (χ2v) is 10.1. The number of rotatable bonds is 7. The monoisotopic (exact) mass is 500 g/mol. The van der Waals surface area contributed by atoms with Crippen molar-refractivity contribution in [2.45, 2.75) is 0 Å². The number of likely N-dealkylation sites (N-methyl/N-ethyl adjacent to an activating group) is 2. The fraction of sp³-hybridized carbons (Fsp3) is 0.421. The lowest BCUT2D eigenvalue weighted by molar-refractivity contribution is -0.862. The molecule has 0 bridgehead atoms. The number of carbonyl (C=O) groups excluding carboxylic acids is 2. The van der Waals surface area contributed by atoms with E-state index in [0.29, 0.717) is 20.3 Å². The largest absolute Gasteiger partial charge is 0.478 e. The number of benzene rings is 1. The number of thiocarbonyl (C=S) groups is 2. The van der Waals surface area contributed by atoms with Crippen molar-refractivity contribution in [3.63, 3.8) is 0 Å². The van der Waals surface area contributed by atoms with Crippen LogP contribution in [0.1, 0.15) is 10.4 Å². The van der Waals surface area contributed by atoms with Crippen LogP contribution in [0.2, 0.25) is 0 Å². The summed E-state index contributed by atoms with van der Waals surface area (Å²) in [5.74, 6) is -1.69. The standard InChI is InChI=1S/C19H30N8O4S2/c1-26(2,3)10-15(28)22-24-18(32)20-13-7-12(17(30)31)8-14(9-13)21-19(33)25-23-16(29)11-27(4,5)6/h7-9H,10-11H2,1-6H3,(H5-2,20,21,22,23,24,25,28,29,30,31,32,33)/p+2. The SMILES string of the molecule is C[N+](C)(C)CC(=O)NNC(=S)Nc1cc(NC(=S)NNC(=O)C[N+](C)(C)C)cc(C(=O)O)c1. The predicted octanol–water partition coefficient (Wildman–Crippen LogP) is -0.568. The molecule has 7 N–H and O–H groups in total. The highest BCUT2D eigenvalue weighted by Gasteiger charge is 2.16. The lowest BCUT2D eigenvalue weighted by atomic mass is 10.1. The molecule has 0 atom stereocenters. The van der Waals surface area contributed by atoms with E-state index in [2.05, 4.69) is 32.3 Å². The fourth-order valence-corrected chi connectivity index (χ4v) is 2.75. The molecule has 0 saturated heterocycles. The Morgan fingerprint density at radius 2 is 1.09 bits per heavy atom. The highest BCUT2D eigenvalue weighted by molar-refractivity contribution is 7.80. The summed E-state index contributed by atoms with van der Waals surface area (Å²) in [5.41, 5.74) is 10.7. The summed E-state index contributed by atoms with van der Waals surface area (Å²) in [7, 11) is 11.2. The van der Waals surface area contributed by atoms with E-state index in [4.69, 9.17) is 24.4 Å². The van der Waals surface area contributed by atoms with Crippen molar-refractivity contribution in [1.29, 1.82) is 0 Å². The van der Waals surface area contributed by atoms with E-state index in [9.17, 15) is 19.5 Å². The number of amides is 2. The Labute approximate surface area is 203 Å². The molecule has 0 radical (unpaired) electrons. The first-order valence-electron chi connectivity index (χ1n) is 9.75. The van der Waals surface area contributed by atoms with Crippen LogP contribution in [-0.2, 0) is 9.59 Å². The molecule has 0 aliphatic rings. The second-order valence-electron chi connectivity index (χ2n) is 9.26. The number of quaternary nitrogens is 2. The van der Waals surface area contributed by atoms with Crippen LogP contribution >= 0.6 is 24.4 Å². The van der Waals surface area contributed by atoms with Crippen LogP contribution in [0, 0.1) is 0 Å². The van der Waals surface area contributed by atoms with Crippen LogP contribution in [-0.4, -0.2) is 97.5 Å². The molecule has 0 spiro atoms. The maximum atomic E-state index is 11.9. The lowest BCUT2D eigenvalue weighted by Gasteiger charge is -2.23. The van der Waals surface area contributed by atoms with Crippen molar-refractivity contribution in [2.75, 3.05) is 66.0 Å². The van der Waals surface area contributed by atoms with Gasteiger partial charge < -0.3 is 24.7 Å². The molecule has 33 heavy (non-hydrogen) atoms. The van der Waals surface area contributed by atoms with Gasteiger partial charge in [0.05, 0.1) is 47.8 Å². The molecular weight excluding hydrogens is 468 g/mol. The van der Waals surface area contributed by atoms with E-state index in [1.54, 1.807) is 6.07 Å². The average Bonchev–Trinajstić information content (AvgIpc) is 2.62. The van der Waals surface area contributed by atoms with Crippen LogP contribution in [0.3, 0.4) is 0 Å². The van der Waals surface area contributed by atoms with Crippen molar-refractivity contribution >= 4 is 63.8 Å². The fourth-order valence-electron chi connectivity index (χ4n) is 2.41. The van der Waals surface area contributed by atoms with E-state index in [1.807, 2.05) is 42.3 Å². The zero-order chi connectivity index (χ0) is 25.4. The average molecular weight is 501 g/mol. The smallest absolute Gasteiger partial charge is 0.335 e. The van der Waals surface area contributed by atoms with Crippen molar-refractivity contribution in [2.24, 2.45) is 0 Å². The van der Waals surface area contributed by atoms with Crippen LogP contribution in [0.5, 0.6) is 0 Å². The van der Waals surface area contributed by atoms with Gasteiger partial charge in [0.1, 0.15) is 0 Å². The molecule has 0 heterocycles. The number of anilines is 2. The Kier molecular flexibility index (Phi) is 9.91. The molecule has 0 aliphatic heterocycles. The van der Waals surface area contributed by atoms with E-state index in [0.717, 1.165) is 0 Å². The van der Waals surface area contributed by atoms with Crippen LogP contribution in [0.25, 0.3) is 0 Å². The Morgan fingerprint density at radius 1 is 0.727 bits per heavy atom. The maximum absolute atomic E-state index is 11.9. The topological polar surface area (TPSA) is 144 Å². The Morgan fingerprint density at radius 3 is 1.39 bits per heavy atom. The number of carboxylic acids is 1. The summed E-state index contributed by atoms with van der Waals surface area (Å²) < 4.78 is 0.875. The van der Waals surface area contributed by atoms with Gasteiger partial charge in [-0.2, -0.15) is 0 Å². The molecule has 12 nitrogen and oxygen atoms in total. The van der Waals surface area contributed by atoms with Gasteiger partial charge in [-0.1, -0.05) is 0 Å². The first kappa shape index (κ1) is 28.0. The van der Waals surface area contributed by atoms with Gasteiger partial charge in [0.25, 0.3) is 11.8 Å². The van der Waals surface area contributed by atoms with Gasteiger partial charge in [-0.05, 0) is 42.6 Å². The minimum atomic E-state index is -1.16. The van der Waals surface area contributed by atoms with E-state index in [1.165, 1.54) is 12.1 Å². The van der Waals surface area contributed by atoms with Crippen molar-refractivity contribution < 1.29 is 28.5 Å². The van der Waals surface area contributed by atoms with Crippen LogP contribution in [0.4, 0.5) is 11.4 Å². The molecule has 14 heteroatoms. The Hall–Kier alpha value is -3.07. The molecule has 1 aromatic carbocycles. The van der Waals surface area contributed by atoms with E-state index in [-0.39, 0.29) is 40.7 Å². The Bertz CT molecular complexity index is 861.